The van der Waals surface area contributed by atoms with Crippen LogP contribution in [0.1, 0.15) is 19.0 Å². The Hall–Kier alpha value is -1.82. The van der Waals surface area contributed by atoms with Crippen molar-refractivity contribution in [3.05, 3.63) is 30.0 Å². The zero-order valence-electron chi connectivity index (χ0n) is 10.1. The molecule has 0 amide bonds. The van der Waals surface area contributed by atoms with E-state index >= 15 is 0 Å². The van der Waals surface area contributed by atoms with Crippen LogP contribution in [0.2, 0.25) is 0 Å². The van der Waals surface area contributed by atoms with Crippen molar-refractivity contribution in [2.75, 3.05) is 12.3 Å². The molecular weight excluding hydrogens is 250 g/mol. The highest BCUT2D eigenvalue weighted by Crippen LogP contribution is 2.27. The van der Waals surface area contributed by atoms with Gasteiger partial charge in [-0.25, -0.2) is 0 Å². The third-order valence-electron chi connectivity index (χ3n) is 2.26. The van der Waals surface area contributed by atoms with Crippen LogP contribution in [0.5, 0.6) is 11.5 Å². The number of nitrogens with two attached hydrogens (primary N) is 1. The van der Waals surface area contributed by atoms with E-state index in [1.54, 1.807) is 0 Å². The molecule has 0 aliphatic carbocycles. The molecule has 1 heterocycles. The molecule has 1 aromatic carbocycles. The average Bonchev–Trinajstić information content (AvgIpc) is 2.80. The molecule has 0 atom stereocenters. The predicted molar refractivity (Wildman–Crippen MR) is 70.9 cm³/mol. The lowest BCUT2D eigenvalue weighted by atomic mass is 10.3. The van der Waals surface area contributed by atoms with Crippen molar-refractivity contribution in [2.45, 2.75) is 20.0 Å². The molecule has 0 radical (unpaired) electrons. The Bertz CT molecular complexity index is 502. The van der Waals surface area contributed by atoms with Crippen molar-refractivity contribution >= 4 is 16.5 Å². The van der Waals surface area contributed by atoms with Crippen LogP contribution in [0.4, 0.5) is 5.00 Å². The molecule has 1 aromatic heterocycles. The SMILES string of the molecule is CCCOc1ccccc1OCc1nnsc1N. The van der Waals surface area contributed by atoms with Crippen molar-refractivity contribution in [2.24, 2.45) is 0 Å². The van der Waals surface area contributed by atoms with Gasteiger partial charge in [0.05, 0.1) is 6.61 Å². The zero-order chi connectivity index (χ0) is 12.8. The summed E-state index contributed by atoms with van der Waals surface area (Å²) in [4.78, 5) is 0. The van der Waals surface area contributed by atoms with E-state index in [0.717, 1.165) is 23.7 Å². The first-order valence-corrected chi connectivity index (χ1v) is 6.50. The normalized spacial score (nSPS) is 10.3. The molecule has 0 unspecified atom stereocenters. The highest BCUT2D eigenvalue weighted by atomic mass is 32.1. The van der Waals surface area contributed by atoms with Crippen molar-refractivity contribution < 1.29 is 9.47 Å². The van der Waals surface area contributed by atoms with E-state index in [2.05, 4.69) is 16.5 Å². The van der Waals surface area contributed by atoms with Gasteiger partial charge in [-0.2, -0.15) is 0 Å². The first-order chi connectivity index (χ1) is 8.81. The molecule has 0 saturated heterocycles. The van der Waals surface area contributed by atoms with Gasteiger partial charge in [-0.05, 0) is 18.6 Å². The summed E-state index contributed by atoms with van der Waals surface area (Å²) in [6.07, 6.45) is 0.956. The minimum atomic E-state index is 0.300. The number of aromatic nitrogens is 2. The topological polar surface area (TPSA) is 70.3 Å². The van der Waals surface area contributed by atoms with Crippen LogP contribution in [0.25, 0.3) is 0 Å². The molecule has 6 heteroatoms. The molecule has 0 aliphatic heterocycles. The molecule has 2 rings (SSSR count). The largest absolute Gasteiger partial charge is 0.490 e. The number of para-hydroxylation sites is 2. The van der Waals surface area contributed by atoms with Gasteiger partial charge in [-0.15, -0.1) is 5.10 Å². The van der Waals surface area contributed by atoms with Crippen molar-refractivity contribution in [1.82, 2.24) is 9.59 Å². The summed E-state index contributed by atoms with van der Waals surface area (Å²) >= 11 is 1.16. The second-order valence-corrected chi connectivity index (χ2v) is 4.45. The molecule has 0 saturated carbocycles. The molecule has 2 aromatic rings. The number of rotatable bonds is 6. The Morgan fingerprint density at radius 3 is 2.56 bits per heavy atom. The van der Waals surface area contributed by atoms with Gasteiger partial charge in [0.15, 0.2) is 11.5 Å². The van der Waals surface area contributed by atoms with E-state index in [1.165, 1.54) is 0 Å². The summed E-state index contributed by atoms with van der Waals surface area (Å²) in [6, 6.07) is 7.56. The summed E-state index contributed by atoms with van der Waals surface area (Å²) in [7, 11) is 0. The fourth-order valence-electron chi connectivity index (χ4n) is 1.36. The summed E-state index contributed by atoms with van der Waals surface area (Å²) in [5.74, 6) is 1.43. The number of nitrogen functional groups attached to an aromatic ring is 1. The Morgan fingerprint density at radius 2 is 1.94 bits per heavy atom. The van der Waals surface area contributed by atoms with E-state index in [1.807, 2.05) is 24.3 Å². The Balaban J connectivity index is 2.02. The third kappa shape index (κ3) is 3.10. The van der Waals surface area contributed by atoms with Gasteiger partial charge in [0.25, 0.3) is 0 Å². The molecule has 18 heavy (non-hydrogen) atoms. The lowest BCUT2D eigenvalue weighted by Gasteiger charge is -2.11. The molecule has 0 fully saturated rings. The summed E-state index contributed by atoms with van der Waals surface area (Å²) < 4.78 is 15.0. The van der Waals surface area contributed by atoms with Crippen molar-refractivity contribution in [3.63, 3.8) is 0 Å². The first-order valence-electron chi connectivity index (χ1n) is 5.72. The second kappa shape index (κ2) is 6.20. The lowest BCUT2D eigenvalue weighted by Crippen LogP contribution is -2.02. The van der Waals surface area contributed by atoms with Gasteiger partial charge in [-0.1, -0.05) is 23.5 Å². The van der Waals surface area contributed by atoms with Gasteiger partial charge >= 0.3 is 0 Å². The minimum Gasteiger partial charge on any atom is -0.490 e. The molecule has 96 valence electrons. The number of benzene rings is 1. The lowest BCUT2D eigenvalue weighted by molar-refractivity contribution is 0.260. The van der Waals surface area contributed by atoms with Crippen LogP contribution in [-0.2, 0) is 6.61 Å². The van der Waals surface area contributed by atoms with E-state index in [0.29, 0.717) is 29.7 Å². The fraction of sp³-hybridized carbons (Fsp3) is 0.333. The van der Waals surface area contributed by atoms with Crippen LogP contribution < -0.4 is 15.2 Å². The van der Waals surface area contributed by atoms with Gasteiger partial charge in [0, 0.05) is 11.5 Å². The minimum absolute atomic E-state index is 0.300. The van der Waals surface area contributed by atoms with Gasteiger partial charge in [0.1, 0.15) is 17.3 Å². The average molecular weight is 265 g/mol. The molecule has 0 bridgehead atoms. The van der Waals surface area contributed by atoms with Crippen LogP contribution in [0, 0.1) is 0 Å². The molecule has 2 N–H and O–H groups in total. The highest BCUT2D eigenvalue weighted by molar-refractivity contribution is 7.09. The van der Waals surface area contributed by atoms with Crippen LogP contribution in [-0.4, -0.2) is 16.2 Å². The Labute approximate surface area is 110 Å². The van der Waals surface area contributed by atoms with E-state index in [9.17, 15) is 0 Å². The highest BCUT2D eigenvalue weighted by Gasteiger charge is 2.08. The quantitative estimate of drug-likeness (QED) is 0.869. The number of ether oxygens (including phenoxy) is 2. The standard InChI is InChI=1S/C12H15N3O2S/c1-2-7-16-10-5-3-4-6-11(10)17-8-9-12(13)18-15-14-9/h3-6H,2,7-8,13H2,1H3. The zero-order valence-corrected chi connectivity index (χ0v) is 10.9. The maximum Gasteiger partial charge on any atom is 0.161 e. The monoisotopic (exact) mass is 265 g/mol. The summed E-state index contributed by atoms with van der Waals surface area (Å²) in [5, 5.41) is 4.49. The van der Waals surface area contributed by atoms with E-state index < -0.39 is 0 Å². The van der Waals surface area contributed by atoms with Crippen LogP contribution in [0.3, 0.4) is 0 Å². The van der Waals surface area contributed by atoms with Crippen molar-refractivity contribution in [3.8, 4) is 11.5 Å². The number of nitrogens with zero attached hydrogens (tertiary/aromatic N) is 2. The van der Waals surface area contributed by atoms with E-state index in [4.69, 9.17) is 15.2 Å². The smallest absolute Gasteiger partial charge is 0.161 e. The molecule has 5 nitrogen and oxygen atoms in total. The molecular formula is C12H15N3O2S. The number of hydrogen-bond donors (Lipinski definition) is 1. The maximum absolute atomic E-state index is 5.71. The second-order valence-electron chi connectivity index (χ2n) is 3.67. The third-order valence-corrected chi connectivity index (χ3v) is 2.86. The van der Waals surface area contributed by atoms with Crippen LogP contribution in [0.15, 0.2) is 24.3 Å². The first kappa shape index (κ1) is 12.6. The Morgan fingerprint density at radius 1 is 1.22 bits per heavy atom. The molecule has 0 aliphatic rings. The van der Waals surface area contributed by atoms with Crippen LogP contribution >= 0.6 is 11.5 Å². The van der Waals surface area contributed by atoms with E-state index in [-0.39, 0.29) is 0 Å². The maximum atomic E-state index is 5.71. The van der Waals surface area contributed by atoms with Gasteiger partial charge < -0.3 is 15.2 Å². The van der Waals surface area contributed by atoms with Crippen molar-refractivity contribution in [1.29, 1.82) is 0 Å². The van der Waals surface area contributed by atoms with Gasteiger partial charge in [0.2, 0.25) is 0 Å². The Kier molecular flexibility index (Phi) is 4.35. The number of hydrogen-bond acceptors (Lipinski definition) is 6. The predicted octanol–water partition coefficient (Wildman–Crippen LogP) is 2.49. The fourth-order valence-corrected chi connectivity index (χ4v) is 1.79. The summed E-state index contributed by atoms with van der Waals surface area (Å²) in [6.45, 7) is 3.03. The van der Waals surface area contributed by atoms with Gasteiger partial charge in [-0.3, -0.25) is 0 Å². The molecule has 0 spiro atoms. The summed E-state index contributed by atoms with van der Waals surface area (Å²) in [5.41, 5.74) is 6.36. The number of anilines is 1.